The molecule has 3 heteroatoms. The Balaban J connectivity index is 2.02. The molecule has 98 valence electrons. The van der Waals surface area contributed by atoms with Crippen molar-refractivity contribution in [3.8, 4) is 0 Å². The molecule has 2 aliphatic rings. The van der Waals surface area contributed by atoms with Crippen LogP contribution >= 0.6 is 0 Å². The SMILES string of the molecule is CC1CC(C(=O)N2C(C)CCCC2C)CCN1. The molecule has 0 saturated carbocycles. The lowest BCUT2D eigenvalue weighted by atomic mass is 9.89. The van der Waals surface area contributed by atoms with Gasteiger partial charge in [-0.3, -0.25) is 4.79 Å². The Bertz CT molecular complexity index is 269. The maximum Gasteiger partial charge on any atom is 0.226 e. The Morgan fingerprint density at radius 3 is 2.35 bits per heavy atom. The summed E-state index contributed by atoms with van der Waals surface area (Å²) in [7, 11) is 0. The van der Waals surface area contributed by atoms with Crippen molar-refractivity contribution >= 4 is 5.91 Å². The first kappa shape index (κ1) is 12.9. The zero-order valence-electron chi connectivity index (χ0n) is 11.4. The number of piperidine rings is 2. The van der Waals surface area contributed by atoms with E-state index in [-0.39, 0.29) is 5.92 Å². The van der Waals surface area contributed by atoms with Crippen LogP contribution in [0.1, 0.15) is 52.9 Å². The summed E-state index contributed by atoms with van der Waals surface area (Å²) in [5.74, 6) is 0.673. The third kappa shape index (κ3) is 2.82. The molecule has 4 unspecified atom stereocenters. The van der Waals surface area contributed by atoms with Gasteiger partial charge in [0.25, 0.3) is 0 Å². The van der Waals surface area contributed by atoms with Gasteiger partial charge >= 0.3 is 0 Å². The highest BCUT2D eigenvalue weighted by Crippen LogP contribution is 2.27. The molecule has 1 N–H and O–H groups in total. The summed E-state index contributed by atoms with van der Waals surface area (Å²) in [4.78, 5) is 14.8. The average Bonchev–Trinajstić information content (AvgIpc) is 2.28. The van der Waals surface area contributed by atoms with Crippen LogP contribution in [0.25, 0.3) is 0 Å². The number of carbonyl (C=O) groups is 1. The normalized spacial score (nSPS) is 39.1. The van der Waals surface area contributed by atoms with Crippen molar-refractivity contribution in [1.29, 1.82) is 0 Å². The van der Waals surface area contributed by atoms with Crippen molar-refractivity contribution < 1.29 is 4.79 Å². The molecule has 0 radical (unpaired) electrons. The zero-order valence-corrected chi connectivity index (χ0v) is 11.4. The van der Waals surface area contributed by atoms with Crippen LogP contribution in [0, 0.1) is 5.92 Å². The molecule has 2 rings (SSSR count). The fourth-order valence-corrected chi connectivity index (χ4v) is 3.42. The van der Waals surface area contributed by atoms with Gasteiger partial charge in [-0.05, 0) is 59.4 Å². The topological polar surface area (TPSA) is 32.3 Å². The molecule has 1 amide bonds. The van der Waals surface area contributed by atoms with E-state index in [4.69, 9.17) is 0 Å². The molecule has 4 atom stereocenters. The van der Waals surface area contributed by atoms with Gasteiger partial charge in [0.05, 0.1) is 0 Å². The van der Waals surface area contributed by atoms with Crippen molar-refractivity contribution in [2.45, 2.75) is 71.0 Å². The van der Waals surface area contributed by atoms with Gasteiger partial charge in [0.2, 0.25) is 5.91 Å². The maximum atomic E-state index is 12.6. The average molecular weight is 238 g/mol. The molecule has 0 aliphatic carbocycles. The molecule has 0 aromatic rings. The predicted octanol–water partition coefficient (Wildman–Crippen LogP) is 2.16. The quantitative estimate of drug-likeness (QED) is 0.759. The van der Waals surface area contributed by atoms with Crippen molar-refractivity contribution in [2.75, 3.05) is 6.54 Å². The molecule has 2 aliphatic heterocycles. The number of nitrogens with one attached hydrogen (secondary N) is 1. The number of hydrogen-bond donors (Lipinski definition) is 1. The molecule has 0 aromatic carbocycles. The van der Waals surface area contributed by atoms with Crippen LogP contribution in [-0.4, -0.2) is 35.5 Å². The largest absolute Gasteiger partial charge is 0.337 e. The summed E-state index contributed by atoms with van der Waals surface area (Å²) < 4.78 is 0. The van der Waals surface area contributed by atoms with Crippen molar-refractivity contribution in [3.05, 3.63) is 0 Å². The number of carbonyl (C=O) groups excluding carboxylic acids is 1. The molecule has 2 saturated heterocycles. The van der Waals surface area contributed by atoms with E-state index in [2.05, 4.69) is 31.0 Å². The molecule has 2 fully saturated rings. The van der Waals surface area contributed by atoms with Crippen LogP contribution in [0.5, 0.6) is 0 Å². The van der Waals surface area contributed by atoms with Crippen molar-refractivity contribution in [1.82, 2.24) is 10.2 Å². The summed E-state index contributed by atoms with van der Waals surface area (Å²) in [6.45, 7) is 7.59. The Kier molecular flexibility index (Phi) is 4.08. The van der Waals surface area contributed by atoms with E-state index in [1.807, 2.05) is 0 Å². The van der Waals surface area contributed by atoms with E-state index in [0.717, 1.165) is 19.4 Å². The van der Waals surface area contributed by atoms with Gasteiger partial charge in [0.15, 0.2) is 0 Å². The van der Waals surface area contributed by atoms with E-state index in [9.17, 15) is 4.79 Å². The number of nitrogens with zero attached hydrogens (tertiary/aromatic N) is 1. The van der Waals surface area contributed by atoms with Crippen molar-refractivity contribution in [2.24, 2.45) is 5.92 Å². The molecule has 0 spiro atoms. The standard InChI is InChI=1S/C14H26N2O/c1-10-9-13(7-8-15-10)14(17)16-11(2)5-4-6-12(16)3/h10-13,15H,4-9H2,1-3H3. The van der Waals surface area contributed by atoms with Gasteiger partial charge in [-0.15, -0.1) is 0 Å². The molecular formula is C14H26N2O. The maximum absolute atomic E-state index is 12.6. The highest BCUT2D eigenvalue weighted by atomic mass is 16.2. The first-order chi connectivity index (χ1) is 8.09. The van der Waals surface area contributed by atoms with E-state index in [1.54, 1.807) is 0 Å². The zero-order chi connectivity index (χ0) is 12.4. The monoisotopic (exact) mass is 238 g/mol. The highest BCUT2D eigenvalue weighted by molar-refractivity contribution is 5.79. The Labute approximate surface area is 105 Å². The molecule has 17 heavy (non-hydrogen) atoms. The first-order valence-electron chi connectivity index (χ1n) is 7.15. The van der Waals surface area contributed by atoms with Crippen LogP contribution < -0.4 is 5.32 Å². The summed E-state index contributed by atoms with van der Waals surface area (Å²) in [5, 5.41) is 3.42. The highest BCUT2D eigenvalue weighted by Gasteiger charge is 2.34. The van der Waals surface area contributed by atoms with E-state index < -0.39 is 0 Å². The van der Waals surface area contributed by atoms with Gasteiger partial charge in [-0.2, -0.15) is 0 Å². The molecular weight excluding hydrogens is 212 g/mol. The van der Waals surface area contributed by atoms with Crippen LogP contribution in [-0.2, 0) is 4.79 Å². The number of amides is 1. The second-order valence-corrected chi connectivity index (χ2v) is 5.95. The van der Waals surface area contributed by atoms with Gasteiger partial charge in [0, 0.05) is 24.0 Å². The number of hydrogen-bond acceptors (Lipinski definition) is 2. The minimum absolute atomic E-state index is 0.259. The number of likely N-dealkylation sites (tertiary alicyclic amines) is 1. The Hall–Kier alpha value is -0.570. The van der Waals surface area contributed by atoms with E-state index >= 15 is 0 Å². The lowest BCUT2D eigenvalue weighted by molar-refractivity contribution is -0.143. The second-order valence-electron chi connectivity index (χ2n) is 5.95. The fourth-order valence-electron chi connectivity index (χ4n) is 3.42. The van der Waals surface area contributed by atoms with E-state index in [1.165, 1.54) is 19.3 Å². The lowest BCUT2D eigenvalue weighted by Gasteiger charge is -2.42. The summed E-state index contributed by atoms with van der Waals surface area (Å²) >= 11 is 0. The Morgan fingerprint density at radius 1 is 1.12 bits per heavy atom. The van der Waals surface area contributed by atoms with Gasteiger partial charge in [0.1, 0.15) is 0 Å². The van der Waals surface area contributed by atoms with E-state index in [0.29, 0.717) is 24.0 Å². The van der Waals surface area contributed by atoms with Gasteiger partial charge in [-0.25, -0.2) is 0 Å². The number of rotatable bonds is 1. The van der Waals surface area contributed by atoms with Crippen LogP contribution in [0.3, 0.4) is 0 Å². The van der Waals surface area contributed by atoms with Crippen LogP contribution in [0.15, 0.2) is 0 Å². The third-order valence-electron chi connectivity index (χ3n) is 4.42. The summed E-state index contributed by atoms with van der Waals surface area (Å²) in [5.41, 5.74) is 0. The third-order valence-corrected chi connectivity index (χ3v) is 4.42. The van der Waals surface area contributed by atoms with Gasteiger partial charge < -0.3 is 10.2 Å². The summed E-state index contributed by atoms with van der Waals surface area (Å²) in [6, 6.07) is 1.38. The molecule has 0 bridgehead atoms. The van der Waals surface area contributed by atoms with Crippen LogP contribution in [0.2, 0.25) is 0 Å². The molecule has 2 heterocycles. The fraction of sp³-hybridized carbons (Fsp3) is 0.929. The van der Waals surface area contributed by atoms with Crippen molar-refractivity contribution in [3.63, 3.8) is 0 Å². The minimum Gasteiger partial charge on any atom is -0.337 e. The molecule has 0 aromatic heterocycles. The summed E-state index contributed by atoms with van der Waals surface area (Å²) in [6.07, 6.45) is 5.65. The van der Waals surface area contributed by atoms with Gasteiger partial charge in [-0.1, -0.05) is 0 Å². The Morgan fingerprint density at radius 2 is 1.76 bits per heavy atom. The molecule has 3 nitrogen and oxygen atoms in total. The van der Waals surface area contributed by atoms with Crippen LogP contribution in [0.4, 0.5) is 0 Å². The second kappa shape index (κ2) is 5.38. The smallest absolute Gasteiger partial charge is 0.226 e. The first-order valence-corrected chi connectivity index (χ1v) is 7.15. The predicted molar refractivity (Wildman–Crippen MR) is 69.8 cm³/mol. The minimum atomic E-state index is 0.259. The lowest BCUT2D eigenvalue weighted by Crippen LogP contribution is -2.52.